The molecule has 1 atom stereocenters. The number of piperazine rings is 1. The van der Waals surface area contributed by atoms with E-state index in [4.69, 9.17) is 4.74 Å². The molecule has 1 amide bonds. The van der Waals surface area contributed by atoms with Gasteiger partial charge in [0.1, 0.15) is 11.8 Å². The molecule has 1 aliphatic heterocycles. The third-order valence-electron chi connectivity index (χ3n) is 5.44. The van der Waals surface area contributed by atoms with E-state index in [-0.39, 0.29) is 11.5 Å². The van der Waals surface area contributed by atoms with E-state index in [0.29, 0.717) is 44.4 Å². The third-order valence-corrected chi connectivity index (χ3v) is 5.44. The molecule has 3 heterocycles. The highest BCUT2D eigenvalue weighted by Gasteiger charge is 2.28. The summed E-state index contributed by atoms with van der Waals surface area (Å²) in [4.78, 5) is 38.0. The molecule has 1 fully saturated rings. The molecule has 1 aromatic carbocycles. The molecule has 1 unspecified atom stereocenters. The van der Waals surface area contributed by atoms with Crippen molar-refractivity contribution in [3.8, 4) is 17.0 Å². The standard InChI is InChI=1S/C23H26N6O3/c1-3-32-19-7-5-18(6-8-19)20-9-10-21(30)29(26-20)17(2)22(31)27-13-15-28(16-14-27)23-24-11-4-12-25-23/h4-12,17H,3,13-16H2,1-2H3. The van der Waals surface area contributed by atoms with Crippen molar-refractivity contribution in [2.75, 3.05) is 37.7 Å². The molecule has 1 aliphatic rings. The van der Waals surface area contributed by atoms with Gasteiger partial charge in [0.25, 0.3) is 5.56 Å². The van der Waals surface area contributed by atoms with E-state index in [9.17, 15) is 9.59 Å². The second-order valence-corrected chi connectivity index (χ2v) is 7.50. The minimum Gasteiger partial charge on any atom is -0.494 e. The molecule has 166 valence electrons. The highest BCUT2D eigenvalue weighted by atomic mass is 16.5. The molecular formula is C23H26N6O3. The van der Waals surface area contributed by atoms with Crippen LogP contribution in [0.1, 0.15) is 19.9 Å². The van der Waals surface area contributed by atoms with Crippen LogP contribution >= 0.6 is 0 Å². The average Bonchev–Trinajstić information content (AvgIpc) is 2.85. The lowest BCUT2D eigenvalue weighted by atomic mass is 10.1. The van der Waals surface area contributed by atoms with Crippen molar-refractivity contribution in [2.45, 2.75) is 19.9 Å². The number of carbonyl (C=O) groups is 1. The normalized spacial score (nSPS) is 14.8. The van der Waals surface area contributed by atoms with Gasteiger partial charge in [0.2, 0.25) is 11.9 Å². The predicted molar refractivity (Wildman–Crippen MR) is 121 cm³/mol. The van der Waals surface area contributed by atoms with Gasteiger partial charge in [0, 0.05) is 50.2 Å². The number of nitrogens with zero attached hydrogens (tertiary/aromatic N) is 6. The minimum absolute atomic E-state index is 0.128. The fraction of sp³-hybridized carbons (Fsp3) is 0.348. The van der Waals surface area contributed by atoms with Crippen molar-refractivity contribution in [3.63, 3.8) is 0 Å². The Hall–Kier alpha value is -3.75. The lowest BCUT2D eigenvalue weighted by Crippen LogP contribution is -2.51. The van der Waals surface area contributed by atoms with Gasteiger partial charge in [-0.15, -0.1) is 0 Å². The fourth-order valence-corrected chi connectivity index (χ4v) is 3.70. The van der Waals surface area contributed by atoms with Gasteiger partial charge >= 0.3 is 0 Å². The molecule has 0 bridgehead atoms. The van der Waals surface area contributed by atoms with Crippen LogP contribution in [0.25, 0.3) is 11.3 Å². The van der Waals surface area contributed by atoms with Crippen LogP contribution in [-0.4, -0.2) is 63.3 Å². The maximum atomic E-state index is 13.1. The van der Waals surface area contributed by atoms with Gasteiger partial charge < -0.3 is 14.5 Å². The Morgan fingerprint density at radius 3 is 2.38 bits per heavy atom. The molecule has 0 aliphatic carbocycles. The zero-order valence-electron chi connectivity index (χ0n) is 18.2. The second kappa shape index (κ2) is 9.59. The Bertz CT molecular complexity index is 1110. The predicted octanol–water partition coefficient (Wildman–Crippen LogP) is 2.01. The quantitative estimate of drug-likeness (QED) is 0.586. The smallest absolute Gasteiger partial charge is 0.267 e. The summed E-state index contributed by atoms with van der Waals surface area (Å²) in [6.45, 7) is 6.58. The van der Waals surface area contributed by atoms with Crippen molar-refractivity contribution in [3.05, 3.63) is 65.2 Å². The molecule has 3 aromatic rings. The summed E-state index contributed by atoms with van der Waals surface area (Å²) in [6.07, 6.45) is 3.41. The SMILES string of the molecule is CCOc1ccc(-c2ccc(=O)n(C(C)C(=O)N3CCN(c4ncccn4)CC3)n2)cc1. The molecule has 2 aromatic heterocycles. The summed E-state index contributed by atoms with van der Waals surface area (Å²) in [7, 11) is 0. The van der Waals surface area contributed by atoms with E-state index >= 15 is 0 Å². The summed E-state index contributed by atoms with van der Waals surface area (Å²) in [6, 6.07) is 11.7. The second-order valence-electron chi connectivity index (χ2n) is 7.50. The zero-order valence-corrected chi connectivity index (χ0v) is 18.2. The average molecular weight is 435 g/mol. The topological polar surface area (TPSA) is 93.5 Å². The molecule has 9 nitrogen and oxygen atoms in total. The van der Waals surface area contributed by atoms with Crippen LogP contribution < -0.4 is 15.2 Å². The first-order chi connectivity index (χ1) is 15.6. The molecule has 4 rings (SSSR count). The van der Waals surface area contributed by atoms with E-state index in [1.54, 1.807) is 36.4 Å². The Balaban J connectivity index is 1.47. The summed E-state index contributed by atoms with van der Waals surface area (Å²) < 4.78 is 6.74. The zero-order chi connectivity index (χ0) is 22.5. The monoisotopic (exact) mass is 434 g/mol. The van der Waals surface area contributed by atoms with Crippen LogP contribution in [0.2, 0.25) is 0 Å². The van der Waals surface area contributed by atoms with Gasteiger partial charge in [-0.1, -0.05) is 0 Å². The van der Waals surface area contributed by atoms with Gasteiger partial charge in [-0.2, -0.15) is 5.10 Å². The molecule has 0 radical (unpaired) electrons. The first kappa shape index (κ1) is 21.5. The third kappa shape index (κ3) is 4.61. The van der Waals surface area contributed by atoms with Crippen molar-refractivity contribution >= 4 is 11.9 Å². The molecule has 32 heavy (non-hydrogen) atoms. The Kier molecular flexibility index (Phi) is 6.44. The Morgan fingerprint density at radius 1 is 1.03 bits per heavy atom. The summed E-state index contributed by atoms with van der Waals surface area (Å²) >= 11 is 0. The van der Waals surface area contributed by atoms with Crippen LogP contribution in [0.15, 0.2) is 59.7 Å². The number of aromatic nitrogens is 4. The van der Waals surface area contributed by atoms with Crippen LogP contribution in [0.4, 0.5) is 5.95 Å². The number of rotatable bonds is 6. The molecule has 1 saturated heterocycles. The van der Waals surface area contributed by atoms with Crippen LogP contribution in [0.3, 0.4) is 0 Å². The summed E-state index contributed by atoms with van der Waals surface area (Å²) in [5.74, 6) is 1.30. The lowest BCUT2D eigenvalue weighted by Gasteiger charge is -2.35. The molecule has 0 saturated carbocycles. The first-order valence-electron chi connectivity index (χ1n) is 10.7. The van der Waals surface area contributed by atoms with Crippen molar-refractivity contribution < 1.29 is 9.53 Å². The lowest BCUT2D eigenvalue weighted by molar-refractivity contribution is -0.135. The van der Waals surface area contributed by atoms with E-state index in [2.05, 4.69) is 15.1 Å². The van der Waals surface area contributed by atoms with Gasteiger partial charge in [-0.05, 0) is 50.2 Å². The number of anilines is 1. The van der Waals surface area contributed by atoms with Gasteiger partial charge in [-0.25, -0.2) is 14.6 Å². The molecule has 0 N–H and O–H groups in total. The number of benzene rings is 1. The summed E-state index contributed by atoms with van der Waals surface area (Å²) in [5.41, 5.74) is 1.16. The first-order valence-corrected chi connectivity index (χ1v) is 10.7. The maximum Gasteiger partial charge on any atom is 0.267 e. The van der Waals surface area contributed by atoms with Crippen LogP contribution in [-0.2, 0) is 4.79 Å². The van der Waals surface area contributed by atoms with Crippen molar-refractivity contribution in [2.24, 2.45) is 0 Å². The van der Waals surface area contributed by atoms with E-state index in [1.165, 1.54) is 10.7 Å². The Morgan fingerprint density at radius 2 is 1.72 bits per heavy atom. The fourth-order valence-electron chi connectivity index (χ4n) is 3.70. The van der Waals surface area contributed by atoms with Crippen LogP contribution in [0.5, 0.6) is 5.75 Å². The molecule has 0 spiro atoms. The van der Waals surface area contributed by atoms with E-state index in [0.717, 1.165) is 11.3 Å². The number of carbonyl (C=O) groups excluding carboxylic acids is 1. The highest BCUT2D eigenvalue weighted by molar-refractivity contribution is 5.80. The number of amides is 1. The molecular weight excluding hydrogens is 408 g/mol. The largest absolute Gasteiger partial charge is 0.494 e. The van der Waals surface area contributed by atoms with Crippen LogP contribution in [0, 0.1) is 0 Å². The number of ether oxygens (including phenoxy) is 1. The van der Waals surface area contributed by atoms with Gasteiger partial charge in [-0.3, -0.25) is 9.59 Å². The van der Waals surface area contributed by atoms with E-state index in [1.807, 2.05) is 36.1 Å². The highest BCUT2D eigenvalue weighted by Crippen LogP contribution is 2.21. The van der Waals surface area contributed by atoms with Gasteiger partial charge in [0.15, 0.2) is 0 Å². The number of hydrogen-bond donors (Lipinski definition) is 0. The van der Waals surface area contributed by atoms with Crippen molar-refractivity contribution in [1.82, 2.24) is 24.6 Å². The van der Waals surface area contributed by atoms with Crippen molar-refractivity contribution in [1.29, 1.82) is 0 Å². The van der Waals surface area contributed by atoms with E-state index < -0.39 is 6.04 Å². The summed E-state index contributed by atoms with van der Waals surface area (Å²) in [5, 5.41) is 4.48. The molecule has 9 heteroatoms. The number of hydrogen-bond acceptors (Lipinski definition) is 7. The Labute approximate surface area is 186 Å². The van der Waals surface area contributed by atoms with Gasteiger partial charge in [0.05, 0.1) is 12.3 Å². The minimum atomic E-state index is -0.704. The maximum absolute atomic E-state index is 13.1.